The predicted molar refractivity (Wildman–Crippen MR) is 117 cm³/mol. The third kappa shape index (κ3) is 3.80. The highest BCUT2D eigenvalue weighted by molar-refractivity contribution is 5.50. The first kappa shape index (κ1) is 20.7. The number of ether oxygens (including phenoxy) is 2. The van der Waals surface area contributed by atoms with Gasteiger partial charge < -0.3 is 19.1 Å². The first-order valence-electron chi connectivity index (χ1n) is 10.1. The predicted octanol–water partition coefficient (Wildman–Crippen LogP) is 3.44. The van der Waals surface area contributed by atoms with Crippen molar-refractivity contribution >= 4 is 0 Å². The summed E-state index contributed by atoms with van der Waals surface area (Å²) in [7, 11) is 1.61. The first-order valence-corrected chi connectivity index (χ1v) is 10.1. The average molecular weight is 416 g/mol. The third-order valence-corrected chi connectivity index (χ3v) is 5.77. The number of nitrogens with zero attached hydrogens (tertiary/aromatic N) is 2. The maximum atomic E-state index is 13.4. The lowest BCUT2D eigenvalue weighted by Gasteiger charge is -2.42. The van der Waals surface area contributed by atoms with E-state index in [0.717, 1.165) is 11.3 Å². The number of pyridine rings is 1. The number of hydrogen-bond acceptors (Lipinski definition) is 5. The molecular weight excluding hydrogens is 392 g/mol. The molecule has 1 aliphatic rings. The van der Waals surface area contributed by atoms with Gasteiger partial charge in [0, 0.05) is 23.2 Å². The second kappa shape index (κ2) is 7.93. The normalized spacial score (nSPS) is 19.1. The van der Waals surface area contributed by atoms with Crippen LogP contribution in [0.4, 0.5) is 0 Å². The van der Waals surface area contributed by atoms with Crippen molar-refractivity contribution in [2.75, 3.05) is 7.11 Å². The van der Waals surface area contributed by atoms with Crippen LogP contribution in [0.15, 0.2) is 65.6 Å². The Labute approximate surface area is 180 Å². The number of aliphatic hydroxyl groups excluding tert-OH is 1. The van der Waals surface area contributed by atoms with Crippen LogP contribution in [0.1, 0.15) is 42.0 Å². The smallest absolute Gasteiger partial charge is 0.254 e. The lowest BCUT2D eigenvalue weighted by molar-refractivity contribution is -0.0514. The summed E-state index contributed by atoms with van der Waals surface area (Å²) < 4.78 is 12.8. The van der Waals surface area contributed by atoms with Crippen LogP contribution in [0.25, 0.3) is 0 Å². The van der Waals surface area contributed by atoms with Gasteiger partial charge in [0.1, 0.15) is 23.2 Å². The zero-order valence-electron chi connectivity index (χ0n) is 17.7. The lowest BCUT2D eigenvalue weighted by atomic mass is 9.77. The Hall–Kier alpha value is -3.56. The molecule has 31 heavy (non-hydrogen) atoms. The Morgan fingerprint density at radius 1 is 1.16 bits per heavy atom. The van der Waals surface area contributed by atoms with E-state index >= 15 is 0 Å². The van der Waals surface area contributed by atoms with Crippen LogP contribution < -0.4 is 15.0 Å². The first-order chi connectivity index (χ1) is 14.8. The number of fused-ring (bicyclic) bond motifs is 1. The number of aliphatic hydroxyl groups is 1. The maximum absolute atomic E-state index is 13.4. The van der Waals surface area contributed by atoms with Gasteiger partial charge in [-0.15, -0.1) is 0 Å². The van der Waals surface area contributed by atoms with E-state index in [1.807, 2.05) is 30.3 Å². The minimum atomic E-state index is -0.960. The minimum absolute atomic E-state index is 0.187. The average Bonchev–Trinajstić information content (AvgIpc) is 2.77. The van der Waals surface area contributed by atoms with Crippen molar-refractivity contribution in [3.05, 3.63) is 93.4 Å². The Kier molecular flexibility index (Phi) is 5.30. The van der Waals surface area contributed by atoms with Crippen molar-refractivity contribution in [1.29, 1.82) is 5.26 Å². The van der Waals surface area contributed by atoms with Gasteiger partial charge in [0.25, 0.3) is 5.56 Å². The van der Waals surface area contributed by atoms with E-state index in [1.165, 1.54) is 0 Å². The van der Waals surface area contributed by atoms with Crippen LogP contribution in [0.3, 0.4) is 0 Å². The summed E-state index contributed by atoms with van der Waals surface area (Å²) in [5, 5.41) is 20.5. The molecule has 0 aliphatic carbocycles. The van der Waals surface area contributed by atoms with Crippen molar-refractivity contribution in [2.45, 2.75) is 38.0 Å². The molecule has 0 fully saturated rings. The number of aromatic nitrogens is 1. The highest BCUT2D eigenvalue weighted by Crippen LogP contribution is 2.43. The summed E-state index contributed by atoms with van der Waals surface area (Å²) >= 11 is 0. The molecule has 2 atom stereocenters. The summed E-state index contributed by atoms with van der Waals surface area (Å²) in [6.45, 7) is 3.99. The SMILES string of the molecule is COc1ccc(Cn2cccc(C3c4cc(C#N)ccc4OC(C)(C)C3O)c2=O)cc1. The molecule has 2 aromatic carbocycles. The van der Waals surface area contributed by atoms with E-state index in [9.17, 15) is 15.2 Å². The second-order valence-electron chi connectivity index (χ2n) is 8.24. The number of methoxy groups -OCH3 is 1. The third-order valence-electron chi connectivity index (χ3n) is 5.77. The van der Waals surface area contributed by atoms with E-state index in [1.54, 1.807) is 56.0 Å². The Morgan fingerprint density at radius 3 is 2.58 bits per heavy atom. The molecule has 4 rings (SSSR count). The summed E-state index contributed by atoms with van der Waals surface area (Å²) in [6, 6.07) is 18.3. The second-order valence-corrected chi connectivity index (χ2v) is 8.24. The summed E-state index contributed by atoms with van der Waals surface area (Å²) in [4.78, 5) is 13.4. The molecule has 1 N–H and O–H groups in total. The minimum Gasteiger partial charge on any atom is -0.497 e. The summed E-state index contributed by atoms with van der Waals surface area (Å²) in [6.07, 6.45) is 0.776. The molecule has 6 heteroatoms. The molecule has 1 aromatic heterocycles. The molecule has 6 nitrogen and oxygen atoms in total. The Morgan fingerprint density at radius 2 is 1.90 bits per heavy atom. The topological polar surface area (TPSA) is 84.5 Å². The zero-order valence-corrected chi connectivity index (χ0v) is 17.7. The molecule has 0 spiro atoms. The van der Waals surface area contributed by atoms with Crippen molar-refractivity contribution in [3.63, 3.8) is 0 Å². The number of hydrogen-bond donors (Lipinski definition) is 1. The van der Waals surface area contributed by atoms with Crippen LogP contribution in [0, 0.1) is 11.3 Å². The number of benzene rings is 2. The monoisotopic (exact) mass is 416 g/mol. The Balaban J connectivity index is 1.79. The van der Waals surface area contributed by atoms with Gasteiger partial charge in [-0.1, -0.05) is 18.2 Å². The van der Waals surface area contributed by atoms with Gasteiger partial charge in [-0.3, -0.25) is 4.79 Å². The lowest BCUT2D eigenvalue weighted by Crippen LogP contribution is -2.50. The van der Waals surface area contributed by atoms with Crippen molar-refractivity contribution in [2.24, 2.45) is 0 Å². The van der Waals surface area contributed by atoms with Gasteiger partial charge >= 0.3 is 0 Å². The highest BCUT2D eigenvalue weighted by atomic mass is 16.5. The summed E-state index contributed by atoms with van der Waals surface area (Å²) in [5.41, 5.74) is 1.44. The molecule has 0 bridgehead atoms. The molecule has 0 saturated carbocycles. The largest absolute Gasteiger partial charge is 0.497 e. The van der Waals surface area contributed by atoms with Crippen LogP contribution in [-0.2, 0) is 6.54 Å². The molecule has 158 valence electrons. The van der Waals surface area contributed by atoms with Crippen molar-refractivity contribution < 1.29 is 14.6 Å². The summed E-state index contributed by atoms with van der Waals surface area (Å²) in [5.74, 6) is 0.717. The van der Waals surface area contributed by atoms with Crippen LogP contribution in [0.2, 0.25) is 0 Å². The molecule has 1 aliphatic heterocycles. The molecular formula is C25H24N2O4. The Bertz CT molecular complexity index is 1210. The van der Waals surface area contributed by atoms with Gasteiger partial charge in [-0.2, -0.15) is 5.26 Å². The van der Waals surface area contributed by atoms with Crippen molar-refractivity contribution in [3.8, 4) is 17.6 Å². The van der Waals surface area contributed by atoms with E-state index in [2.05, 4.69) is 6.07 Å². The molecule has 0 radical (unpaired) electrons. The fraction of sp³-hybridized carbons (Fsp3) is 0.280. The van der Waals surface area contributed by atoms with Crippen LogP contribution in [-0.4, -0.2) is 28.5 Å². The van der Waals surface area contributed by atoms with Crippen molar-refractivity contribution in [1.82, 2.24) is 4.57 Å². The van der Waals surface area contributed by atoms with Crippen LogP contribution >= 0.6 is 0 Å². The molecule has 0 amide bonds. The molecule has 3 aromatic rings. The fourth-order valence-corrected chi connectivity index (χ4v) is 4.05. The molecule has 2 heterocycles. The van der Waals surface area contributed by atoms with Gasteiger partial charge in [0.15, 0.2) is 0 Å². The zero-order chi connectivity index (χ0) is 22.2. The standard InChI is InChI=1S/C25H24N2O4/c1-25(2)23(28)22(20-13-17(14-26)8-11-21(20)31-25)19-5-4-12-27(24(19)29)15-16-6-9-18(30-3)10-7-16/h4-13,22-23,28H,15H2,1-3H3. The van der Waals surface area contributed by atoms with Crippen LogP contribution in [0.5, 0.6) is 11.5 Å². The van der Waals surface area contributed by atoms with Gasteiger partial charge in [-0.05, 0) is 55.8 Å². The quantitative estimate of drug-likeness (QED) is 0.704. The molecule has 2 unspecified atom stereocenters. The van der Waals surface area contributed by atoms with E-state index in [-0.39, 0.29) is 5.56 Å². The maximum Gasteiger partial charge on any atom is 0.254 e. The van der Waals surface area contributed by atoms with Gasteiger partial charge in [0.2, 0.25) is 0 Å². The van der Waals surface area contributed by atoms with E-state index < -0.39 is 17.6 Å². The molecule has 0 saturated heterocycles. The van der Waals surface area contributed by atoms with Gasteiger partial charge in [-0.25, -0.2) is 0 Å². The number of rotatable bonds is 4. The van der Waals surface area contributed by atoms with Gasteiger partial charge in [0.05, 0.1) is 25.3 Å². The van der Waals surface area contributed by atoms with E-state index in [4.69, 9.17) is 9.47 Å². The van der Waals surface area contributed by atoms with E-state index in [0.29, 0.717) is 29.0 Å². The highest BCUT2D eigenvalue weighted by Gasteiger charge is 2.44. The fourth-order valence-electron chi connectivity index (χ4n) is 4.05. The number of nitriles is 1.